The molecule has 8 nitrogen and oxygen atoms in total. The van der Waals surface area contributed by atoms with E-state index in [1.807, 2.05) is 48.5 Å². The molecule has 162 valence electrons. The topological polar surface area (TPSA) is 106 Å². The van der Waals surface area contributed by atoms with Gasteiger partial charge in [0.15, 0.2) is 11.6 Å². The standard InChI is InChI=1S/C23H26N4O4/c1-2-30-22(28)15-18(17-8-4-3-5-9-17)14-21-27-19(16-31-21)23(29)26-13-12-25-20-10-6-7-11-24-20/h3-11,16,18H,2,12-15H2,1H3,(H,24,25)(H,26,29). The highest BCUT2D eigenvalue weighted by Crippen LogP contribution is 2.24. The Morgan fingerprint density at radius 1 is 1.10 bits per heavy atom. The highest BCUT2D eigenvalue weighted by atomic mass is 16.5. The first-order chi connectivity index (χ1) is 15.2. The molecule has 2 heterocycles. The fourth-order valence-electron chi connectivity index (χ4n) is 3.10. The van der Waals surface area contributed by atoms with Crippen molar-refractivity contribution >= 4 is 17.7 Å². The van der Waals surface area contributed by atoms with E-state index in [-0.39, 0.29) is 29.9 Å². The molecular weight excluding hydrogens is 396 g/mol. The molecule has 0 saturated heterocycles. The maximum Gasteiger partial charge on any atom is 0.306 e. The third-order valence-electron chi connectivity index (χ3n) is 4.58. The predicted octanol–water partition coefficient (Wildman–Crippen LogP) is 3.19. The number of amides is 1. The molecule has 0 radical (unpaired) electrons. The Bertz CT molecular complexity index is 960. The molecule has 0 fully saturated rings. The zero-order chi connectivity index (χ0) is 21.9. The summed E-state index contributed by atoms with van der Waals surface area (Å²) in [6, 6.07) is 15.2. The second-order valence-corrected chi connectivity index (χ2v) is 6.85. The average molecular weight is 422 g/mol. The van der Waals surface area contributed by atoms with Crippen molar-refractivity contribution in [3.8, 4) is 0 Å². The molecule has 31 heavy (non-hydrogen) atoms. The van der Waals surface area contributed by atoms with Gasteiger partial charge in [-0.2, -0.15) is 0 Å². The fraction of sp³-hybridized carbons (Fsp3) is 0.304. The number of oxazole rings is 1. The number of benzene rings is 1. The lowest BCUT2D eigenvalue weighted by Crippen LogP contribution is -2.29. The molecule has 0 aliphatic carbocycles. The summed E-state index contributed by atoms with van der Waals surface area (Å²) in [5, 5.41) is 5.91. The van der Waals surface area contributed by atoms with E-state index in [0.717, 1.165) is 11.4 Å². The van der Waals surface area contributed by atoms with Gasteiger partial charge < -0.3 is 19.8 Å². The van der Waals surface area contributed by atoms with E-state index in [0.29, 0.717) is 32.0 Å². The van der Waals surface area contributed by atoms with Crippen LogP contribution in [0.15, 0.2) is 65.4 Å². The van der Waals surface area contributed by atoms with Crippen molar-refractivity contribution in [1.82, 2.24) is 15.3 Å². The van der Waals surface area contributed by atoms with Crippen molar-refractivity contribution < 1.29 is 18.7 Å². The number of hydrogen-bond acceptors (Lipinski definition) is 7. The van der Waals surface area contributed by atoms with E-state index < -0.39 is 0 Å². The molecule has 0 saturated carbocycles. The van der Waals surface area contributed by atoms with Crippen LogP contribution in [0, 0.1) is 0 Å². The smallest absolute Gasteiger partial charge is 0.306 e. The minimum atomic E-state index is -0.320. The van der Waals surface area contributed by atoms with E-state index in [9.17, 15) is 9.59 Å². The maximum absolute atomic E-state index is 12.3. The number of rotatable bonds is 11. The Morgan fingerprint density at radius 3 is 2.65 bits per heavy atom. The van der Waals surface area contributed by atoms with Gasteiger partial charge in [-0.25, -0.2) is 9.97 Å². The van der Waals surface area contributed by atoms with Crippen molar-refractivity contribution in [2.24, 2.45) is 0 Å². The molecule has 0 bridgehead atoms. The molecule has 0 aliphatic rings. The number of aromatic nitrogens is 2. The van der Waals surface area contributed by atoms with E-state index in [1.165, 1.54) is 6.26 Å². The van der Waals surface area contributed by atoms with Crippen molar-refractivity contribution in [2.45, 2.75) is 25.7 Å². The Kier molecular flexibility index (Phi) is 8.16. The number of nitrogens with one attached hydrogen (secondary N) is 2. The number of hydrogen-bond donors (Lipinski definition) is 2. The van der Waals surface area contributed by atoms with Crippen LogP contribution in [0.1, 0.15) is 41.2 Å². The Balaban J connectivity index is 1.54. The molecule has 8 heteroatoms. The summed E-state index contributed by atoms with van der Waals surface area (Å²) in [6.45, 7) is 3.05. The minimum absolute atomic E-state index is 0.155. The Labute approximate surface area is 181 Å². The molecule has 3 rings (SSSR count). The monoisotopic (exact) mass is 422 g/mol. The van der Waals surface area contributed by atoms with Crippen LogP contribution in [0.4, 0.5) is 5.82 Å². The lowest BCUT2D eigenvalue weighted by molar-refractivity contribution is -0.143. The highest BCUT2D eigenvalue weighted by molar-refractivity contribution is 5.91. The summed E-state index contributed by atoms with van der Waals surface area (Å²) >= 11 is 0. The van der Waals surface area contributed by atoms with Gasteiger partial charge >= 0.3 is 5.97 Å². The average Bonchev–Trinajstić information content (AvgIpc) is 3.26. The van der Waals surface area contributed by atoms with Gasteiger partial charge in [0, 0.05) is 31.6 Å². The van der Waals surface area contributed by atoms with Crippen LogP contribution in [-0.4, -0.2) is 41.5 Å². The number of carbonyl (C=O) groups excluding carboxylic acids is 2. The quantitative estimate of drug-likeness (QED) is 0.361. The third-order valence-corrected chi connectivity index (χ3v) is 4.58. The van der Waals surface area contributed by atoms with Gasteiger partial charge in [-0.3, -0.25) is 9.59 Å². The Hall–Kier alpha value is -3.68. The lowest BCUT2D eigenvalue weighted by atomic mass is 9.92. The molecule has 0 aliphatic heterocycles. The van der Waals surface area contributed by atoms with E-state index in [4.69, 9.17) is 9.15 Å². The molecule has 1 aromatic carbocycles. The first-order valence-corrected chi connectivity index (χ1v) is 10.2. The number of esters is 1. The maximum atomic E-state index is 12.3. The largest absolute Gasteiger partial charge is 0.466 e. The molecule has 1 unspecified atom stereocenters. The SMILES string of the molecule is CCOC(=O)CC(Cc1nc(C(=O)NCCNc2ccccn2)co1)c1ccccc1. The van der Waals surface area contributed by atoms with Gasteiger partial charge in [-0.1, -0.05) is 36.4 Å². The fourth-order valence-corrected chi connectivity index (χ4v) is 3.10. The zero-order valence-electron chi connectivity index (χ0n) is 17.4. The lowest BCUT2D eigenvalue weighted by Gasteiger charge is -2.14. The molecule has 2 aromatic heterocycles. The summed E-state index contributed by atoms with van der Waals surface area (Å²) in [4.78, 5) is 32.8. The van der Waals surface area contributed by atoms with Crippen LogP contribution in [-0.2, 0) is 16.0 Å². The molecule has 1 amide bonds. The zero-order valence-corrected chi connectivity index (χ0v) is 17.4. The number of pyridine rings is 1. The second-order valence-electron chi connectivity index (χ2n) is 6.85. The van der Waals surface area contributed by atoms with Gasteiger partial charge in [0.05, 0.1) is 13.0 Å². The third kappa shape index (κ3) is 6.95. The predicted molar refractivity (Wildman–Crippen MR) is 116 cm³/mol. The summed E-state index contributed by atoms with van der Waals surface area (Å²) in [5.41, 5.74) is 1.19. The van der Waals surface area contributed by atoms with Crippen LogP contribution < -0.4 is 10.6 Å². The number of nitrogens with zero attached hydrogens (tertiary/aromatic N) is 2. The van der Waals surface area contributed by atoms with Gasteiger partial charge in [0.2, 0.25) is 0 Å². The Morgan fingerprint density at radius 2 is 1.90 bits per heavy atom. The van der Waals surface area contributed by atoms with Crippen LogP contribution >= 0.6 is 0 Å². The molecular formula is C23H26N4O4. The number of anilines is 1. The van der Waals surface area contributed by atoms with Crippen LogP contribution in [0.2, 0.25) is 0 Å². The van der Waals surface area contributed by atoms with Crippen molar-refractivity contribution in [1.29, 1.82) is 0 Å². The van der Waals surface area contributed by atoms with Crippen molar-refractivity contribution in [2.75, 3.05) is 25.0 Å². The van der Waals surface area contributed by atoms with Crippen molar-refractivity contribution in [3.05, 3.63) is 78.1 Å². The van der Waals surface area contributed by atoms with Gasteiger partial charge in [0.1, 0.15) is 12.1 Å². The summed E-state index contributed by atoms with van der Waals surface area (Å²) in [6.07, 6.45) is 3.63. The van der Waals surface area contributed by atoms with Crippen LogP contribution in [0.3, 0.4) is 0 Å². The first kappa shape index (κ1) is 22.0. The summed E-state index contributed by atoms with van der Waals surface area (Å²) < 4.78 is 10.6. The number of ether oxygens (including phenoxy) is 1. The van der Waals surface area contributed by atoms with Crippen molar-refractivity contribution in [3.63, 3.8) is 0 Å². The first-order valence-electron chi connectivity index (χ1n) is 10.2. The van der Waals surface area contributed by atoms with Gasteiger partial charge in [-0.15, -0.1) is 0 Å². The van der Waals surface area contributed by atoms with Gasteiger partial charge in [-0.05, 0) is 24.6 Å². The van der Waals surface area contributed by atoms with E-state index >= 15 is 0 Å². The minimum Gasteiger partial charge on any atom is -0.466 e. The number of carbonyl (C=O) groups is 2. The molecule has 3 aromatic rings. The van der Waals surface area contributed by atoms with Gasteiger partial charge in [0.25, 0.3) is 5.91 Å². The van der Waals surface area contributed by atoms with Crippen LogP contribution in [0.5, 0.6) is 0 Å². The molecule has 0 spiro atoms. The summed E-state index contributed by atoms with van der Waals surface area (Å²) in [7, 11) is 0. The van der Waals surface area contributed by atoms with Crippen LogP contribution in [0.25, 0.3) is 0 Å². The second kappa shape index (κ2) is 11.5. The summed E-state index contributed by atoms with van der Waals surface area (Å²) in [5.74, 6) is 0.391. The molecule has 1 atom stereocenters. The normalized spacial score (nSPS) is 11.5. The highest BCUT2D eigenvalue weighted by Gasteiger charge is 2.21. The van der Waals surface area contributed by atoms with E-state index in [1.54, 1.807) is 13.1 Å². The molecule has 2 N–H and O–H groups in total. The van der Waals surface area contributed by atoms with E-state index in [2.05, 4.69) is 20.6 Å².